The molecule has 0 saturated carbocycles. The number of fused-ring (bicyclic) bond motifs is 4. The normalized spacial score (nSPS) is 12.7. The molecule has 0 amide bonds. The van der Waals surface area contributed by atoms with Gasteiger partial charge < -0.3 is 9.47 Å². The minimum Gasteiger partial charge on any atom is -0.454 e. The second kappa shape index (κ2) is 6.58. The van der Waals surface area contributed by atoms with Crippen LogP contribution in [0.5, 0.6) is 11.5 Å². The van der Waals surface area contributed by atoms with Crippen LogP contribution in [0.15, 0.2) is 65.7 Å². The fraction of sp³-hybridized carbons (Fsp3) is 0.0870. The second-order valence-electron chi connectivity index (χ2n) is 7.29. The molecule has 1 aliphatic rings. The molecule has 8 heteroatoms. The molecule has 6 rings (SSSR count). The number of hydrogen-bond donors (Lipinski definition) is 0. The van der Waals surface area contributed by atoms with Crippen molar-refractivity contribution >= 4 is 28.2 Å². The molecule has 0 aliphatic carbocycles. The van der Waals surface area contributed by atoms with E-state index < -0.39 is 0 Å². The van der Waals surface area contributed by atoms with Crippen molar-refractivity contribution in [3.05, 3.63) is 82.0 Å². The first-order chi connectivity index (χ1) is 15.1. The molecule has 0 spiro atoms. The molecule has 3 aromatic heterocycles. The monoisotopic (exact) mass is 430 g/mol. The molecule has 4 heterocycles. The van der Waals surface area contributed by atoms with Gasteiger partial charge in [0.2, 0.25) is 6.79 Å². The summed E-state index contributed by atoms with van der Waals surface area (Å²) in [5, 5.41) is 5.77. The van der Waals surface area contributed by atoms with E-state index in [1.54, 1.807) is 33.6 Å². The number of nitrogens with zero attached hydrogens (tertiary/aromatic N) is 4. The highest BCUT2D eigenvalue weighted by Gasteiger charge is 2.18. The van der Waals surface area contributed by atoms with Gasteiger partial charge in [-0.3, -0.25) is 9.36 Å². The molecule has 0 bridgehead atoms. The summed E-state index contributed by atoms with van der Waals surface area (Å²) in [5.74, 6) is 1.29. The molecule has 0 fully saturated rings. The SMILES string of the molecule is Cc1nn2c(ncc3c(=O)n(-c4ccc5c(c4)OCO5)ccc32)c1-c1cccc(Cl)c1. The molecular formula is C23H15ClN4O3. The topological polar surface area (TPSA) is 70.7 Å². The molecule has 31 heavy (non-hydrogen) atoms. The first kappa shape index (κ1) is 18.0. The van der Waals surface area contributed by atoms with Crippen molar-refractivity contribution in [1.29, 1.82) is 0 Å². The van der Waals surface area contributed by atoms with Gasteiger partial charge in [0.25, 0.3) is 5.56 Å². The molecule has 0 unspecified atom stereocenters. The Morgan fingerprint density at radius 1 is 1.06 bits per heavy atom. The number of benzene rings is 2. The largest absolute Gasteiger partial charge is 0.454 e. The number of pyridine rings is 1. The molecule has 0 atom stereocenters. The summed E-state index contributed by atoms with van der Waals surface area (Å²) in [6.07, 6.45) is 3.34. The van der Waals surface area contributed by atoms with E-state index in [4.69, 9.17) is 21.1 Å². The molecule has 152 valence electrons. The fourth-order valence-corrected chi connectivity index (χ4v) is 4.19. The minimum absolute atomic E-state index is 0.181. The zero-order valence-corrected chi connectivity index (χ0v) is 17.1. The number of rotatable bonds is 2. The van der Waals surface area contributed by atoms with Gasteiger partial charge in [-0.2, -0.15) is 5.10 Å². The Morgan fingerprint density at radius 2 is 1.94 bits per heavy atom. The molecule has 2 aromatic carbocycles. The van der Waals surface area contributed by atoms with Gasteiger partial charge in [-0.25, -0.2) is 9.50 Å². The molecular weight excluding hydrogens is 416 g/mol. The smallest absolute Gasteiger partial charge is 0.266 e. The van der Waals surface area contributed by atoms with Crippen LogP contribution in [0.3, 0.4) is 0 Å². The summed E-state index contributed by atoms with van der Waals surface area (Å²) in [6.45, 7) is 2.10. The van der Waals surface area contributed by atoms with Gasteiger partial charge in [0, 0.05) is 29.0 Å². The van der Waals surface area contributed by atoms with E-state index in [0.29, 0.717) is 38.8 Å². The van der Waals surface area contributed by atoms with Crippen LogP contribution in [0.25, 0.3) is 33.4 Å². The third-order valence-electron chi connectivity index (χ3n) is 5.43. The van der Waals surface area contributed by atoms with Crippen molar-refractivity contribution in [2.45, 2.75) is 6.92 Å². The van der Waals surface area contributed by atoms with Gasteiger partial charge in [0.05, 0.1) is 22.3 Å². The van der Waals surface area contributed by atoms with E-state index in [2.05, 4.69) is 10.1 Å². The molecule has 5 aromatic rings. The van der Waals surface area contributed by atoms with Gasteiger partial charge in [-0.05, 0) is 42.8 Å². The minimum atomic E-state index is -0.191. The Labute approximate surface area is 181 Å². The maximum absolute atomic E-state index is 13.3. The predicted molar refractivity (Wildman–Crippen MR) is 117 cm³/mol. The summed E-state index contributed by atoms with van der Waals surface area (Å²) in [5.41, 5.74) is 4.48. The Kier molecular flexibility index (Phi) is 3.82. The second-order valence-corrected chi connectivity index (χ2v) is 7.73. The van der Waals surface area contributed by atoms with Gasteiger partial charge in [0.15, 0.2) is 17.1 Å². The Balaban J connectivity index is 1.56. The van der Waals surface area contributed by atoms with Gasteiger partial charge >= 0.3 is 0 Å². The highest BCUT2D eigenvalue weighted by Crippen LogP contribution is 2.34. The van der Waals surface area contributed by atoms with E-state index in [-0.39, 0.29) is 12.4 Å². The first-order valence-electron chi connectivity index (χ1n) is 9.66. The highest BCUT2D eigenvalue weighted by molar-refractivity contribution is 6.30. The summed E-state index contributed by atoms with van der Waals surface area (Å²) in [4.78, 5) is 17.9. The van der Waals surface area contributed by atoms with Crippen molar-refractivity contribution in [3.63, 3.8) is 0 Å². The Morgan fingerprint density at radius 3 is 2.81 bits per heavy atom. The lowest BCUT2D eigenvalue weighted by atomic mass is 10.1. The van der Waals surface area contributed by atoms with E-state index >= 15 is 0 Å². The van der Waals surface area contributed by atoms with Gasteiger partial charge in [-0.1, -0.05) is 23.7 Å². The number of ether oxygens (including phenoxy) is 2. The fourth-order valence-electron chi connectivity index (χ4n) is 4.00. The Hall–Kier alpha value is -3.84. The zero-order chi connectivity index (χ0) is 21.1. The average molecular weight is 431 g/mol. The van der Waals surface area contributed by atoms with Crippen molar-refractivity contribution in [1.82, 2.24) is 19.2 Å². The number of aryl methyl sites for hydroxylation is 1. The third-order valence-corrected chi connectivity index (χ3v) is 5.67. The summed E-state index contributed by atoms with van der Waals surface area (Å²) < 4.78 is 14.1. The number of aromatic nitrogens is 4. The lowest BCUT2D eigenvalue weighted by Crippen LogP contribution is -2.18. The first-order valence-corrected chi connectivity index (χ1v) is 10.0. The molecule has 0 saturated heterocycles. The summed E-state index contributed by atoms with van der Waals surface area (Å²) in [7, 11) is 0. The van der Waals surface area contributed by atoms with Crippen LogP contribution >= 0.6 is 11.6 Å². The Bertz CT molecular complexity index is 1570. The van der Waals surface area contributed by atoms with E-state index in [1.165, 1.54) is 0 Å². The maximum Gasteiger partial charge on any atom is 0.266 e. The van der Waals surface area contributed by atoms with Crippen LogP contribution in [-0.2, 0) is 0 Å². The van der Waals surface area contributed by atoms with Crippen molar-refractivity contribution in [2.24, 2.45) is 0 Å². The number of halogens is 1. The van der Waals surface area contributed by atoms with Gasteiger partial charge in [-0.15, -0.1) is 0 Å². The highest BCUT2D eigenvalue weighted by atomic mass is 35.5. The van der Waals surface area contributed by atoms with Crippen molar-refractivity contribution in [2.75, 3.05) is 6.79 Å². The summed E-state index contributed by atoms with van der Waals surface area (Å²) >= 11 is 6.18. The van der Waals surface area contributed by atoms with Crippen LogP contribution in [-0.4, -0.2) is 26.0 Å². The quantitative estimate of drug-likeness (QED) is 0.415. The van der Waals surface area contributed by atoms with Crippen LogP contribution in [0, 0.1) is 6.92 Å². The van der Waals surface area contributed by atoms with Crippen LogP contribution in [0.4, 0.5) is 0 Å². The van der Waals surface area contributed by atoms with Crippen LogP contribution in [0.1, 0.15) is 5.69 Å². The zero-order valence-electron chi connectivity index (χ0n) is 16.4. The predicted octanol–water partition coefficient (Wildman–Crippen LogP) is 4.39. The third kappa shape index (κ3) is 2.70. The lowest BCUT2D eigenvalue weighted by Gasteiger charge is -2.09. The van der Waals surface area contributed by atoms with Crippen molar-refractivity contribution in [3.8, 4) is 28.3 Å². The number of hydrogen-bond acceptors (Lipinski definition) is 5. The van der Waals surface area contributed by atoms with E-state index in [9.17, 15) is 4.79 Å². The standard InChI is InChI=1S/C23H15ClN4O3/c1-13-21(14-3-2-4-15(24)9-14)22-25-11-17-18(28(22)26-13)7-8-27(23(17)29)16-5-6-19-20(10-16)31-12-30-19/h2-11H,12H2,1H3. The van der Waals surface area contributed by atoms with E-state index in [1.807, 2.05) is 43.3 Å². The van der Waals surface area contributed by atoms with Crippen LogP contribution in [0.2, 0.25) is 5.02 Å². The van der Waals surface area contributed by atoms with E-state index in [0.717, 1.165) is 16.8 Å². The molecule has 0 N–H and O–H groups in total. The molecule has 1 aliphatic heterocycles. The lowest BCUT2D eigenvalue weighted by molar-refractivity contribution is 0.174. The van der Waals surface area contributed by atoms with Crippen LogP contribution < -0.4 is 15.0 Å². The van der Waals surface area contributed by atoms with Gasteiger partial charge in [0.1, 0.15) is 0 Å². The molecule has 7 nitrogen and oxygen atoms in total. The average Bonchev–Trinajstić information content (AvgIpc) is 3.37. The summed E-state index contributed by atoms with van der Waals surface area (Å²) in [6, 6.07) is 14.8. The van der Waals surface area contributed by atoms with Crippen molar-refractivity contribution < 1.29 is 9.47 Å². The molecule has 0 radical (unpaired) electrons. The maximum atomic E-state index is 13.3.